The molecule has 0 saturated heterocycles. The standard InChI is InChI=1S/C15H20N2O3/c1-11(18)17(13-7-8-13)10-15(19)16-9-12-5-3-4-6-14(12)20-2/h3-6,13H,7-10H2,1-2H3,(H,16,19). The number of carbonyl (C=O) groups excluding carboxylic acids is 2. The molecule has 20 heavy (non-hydrogen) atoms. The molecule has 0 aliphatic heterocycles. The van der Waals surface area contributed by atoms with Crippen molar-refractivity contribution in [2.24, 2.45) is 0 Å². The maximum atomic E-state index is 11.9. The highest BCUT2D eigenvalue weighted by Crippen LogP contribution is 2.26. The Morgan fingerprint density at radius 2 is 2.05 bits per heavy atom. The Labute approximate surface area is 118 Å². The normalized spacial score (nSPS) is 13.7. The van der Waals surface area contributed by atoms with E-state index in [0.29, 0.717) is 6.54 Å². The topological polar surface area (TPSA) is 58.6 Å². The second-order valence-corrected chi connectivity index (χ2v) is 4.97. The molecule has 1 aliphatic rings. The molecule has 1 aromatic rings. The van der Waals surface area contributed by atoms with Crippen LogP contribution in [0.3, 0.4) is 0 Å². The van der Waals surface area contributed by atoms with Gasteiger partial charge in [0.15, 0.2) is 0 Å². The summed E-state index contributed by atoms with van der Waals surface area (Å²) in [7, 11) is 1.60. The molecule has 2 amide bonds. The highest BCUT2D eigenvalue weighted by atomic mass is 16.5. The smallest absolute Gasteiger partial charge is 0.239 e. The Kier molecular flexibility index (Phi) is 4.61. The first-order chi connectivity index (χ1) is 9.61. The quantitative estimate of drug-likeness (QED) is 0.852. The molecule has 0 aromatic heterocycles. The molecule has 5 heteroatoms. The molecule has 1 N–H and O–H groups in total. The molecule has 1 aliphatic carbocycles. The van der Waals surface area contributed by atoms with E-state index in [0.717, 1.165) is 24.2 Å². The second-order valence-electron chi connectivity index (χ2n) is 4.97. The minimum absolute atomic E-state index is 0.0417. The molecule has 108 valence electrons. The van der Waals surface area contributed by atoms with E-state index in [1.54, 1.807) is 12.0 Å². The number of rotatable bonds is 6. The molecule has 0 spiro atoms. The molecule has 0 radical (unpaired) electrons. The molecule has 0 heterocycles. The molecule has 0 bridgehead atoms. The van der Waals surface area contributed by atoms with Crippen molar-refractivity contribution in [3.8, 4) is 5.75 Å². The predicted molar refractivity (Wildman–Crippen MR) is 75.2 cm³/mol. The van der Waals surface area contributed by atoms with E-state index in [1.807, 2.05) is 24.3 Å². The number of carbonyl (C=O) groups is 2. The summed E-state index contributed by atoms with van der Waals surface area (Å²) in [6.45, 7) is 2.04. The number of nitrogens with one attached hydrogen (secondary N) is 1. The van der Waals surface area contributed by atoms with Crippen LogP contribution in [0.15, 0.2) is 24.3 Å². The van der Waals surface area contributed by atoms with Gasteiger partial charge in [-0.3, -0.25) is 9.59 Å². The van der Waals surface area contributed by atoms with E-state index in [2.05, 4.69) is 5.32 Å². The lowest BCUT2D eigenvalue weighted by atomic mass is 10.2. The van der Waals surface area contributed by atoms with Crippen LogP contribution in [0.1, 0.15) is 25.3 Å². The van der Waals surface area contributed by atoms with Crippen molar-refractivity contribution in [3.05, 3.63) is 29.8 Å². The summed E-state index contributed by atoms with van der Waals surface area (Å²) in [6.07, 6.45) is 2.00. The highest BCUT2D eigenvalue weighted by Gasteiger charge is 2.31. The van der Waals surface area contributed by atoms with Gasteiger partial charge in [0.1, 0.15) is 5.75 Å². The number of hydrogen-bond donors (Lipinski definition) is 1. The number of hydrogen-bond acceptors (Lipinski definition) is 3. The minimum atomic E-state index is -0.141. The number of ether oxygens (including phenoxy) is 1. The zero-order chi connectivity index (χ0) is 14.5. The third kappa shape index (κ3) is 3.73. The average molecular weight is 276 g/mol. The Morgan fingerprint density at radius 3 is 2.65 bits per heavy atom. The molecule has 5 nitrogen and oxygen atoms in total. The van der Waals surface area contributed by atoms with Crippen LogP contribution >= 0.6 is 0 Å². The van der Waals surface area contributed by atoms with Gasteiger partial charge in [-0.15, -0.1) is 0 Å². The van der Waals surface area contributed by atoms with Crippen LogP contribution in [0.5, 0.6) is 5.75 Å². The summed E-state index contributed by atoms with van der Waals surface area (Å²) >= 11 is 0. The maximum Gasteiger partial charge on any atom is 0.239 e. The van der Waals surface area contributed by atoms with E-state index in [4.69, 9.17) is 4.74 Å². The lowest BCUT2D eigenvalue weighted by molar-refractivity contribution is -0.134. The first-order valence-corrected chi connectivity index (χ1v) is 6.77. The molecule has 2 rings (SSSR count). The maximum absolute atomic E-state index is 11.9. The van der Waals surface area contributed by atoms with Crippen molar-refractivity contribution in [1.29, 1.82) is 0 Å². The van der Waals surface area contributed by atoms with Gasteiger partial charge in [0.05, 0.1) is 13.7 Å². The number of nitrogens with zero attached hydrogens (tertiary/aromatic N) is 1. The monoisotopic (exact) mass is 276 g/mol. The van der Waals surface area contributed by atoms with Crippen molar-refractivity contribution < 1.29 is 14.3 Å². The largest absolute Gasteiger partial charge is 0.496 e. The summed E-state index contributed by atoms with van der Waals surface area (Å²) in [5.74, 6) is 0.566. The molecule has 1 saturated carbocycles. The van der Waals surface area contributed by atoms with Gasteiger partial charge in [0.2, 0.25) is 11.8 Å². The van der Waals surface area contributed by atoms with Crippen molar-refractivity contribution in [2.45, 2.75) is 32.4 Å². The first-order valence-electron chi connectivity index (χ1n) is 6.77. The van der Waals surface area contributed by atoms with Crippen LogP contribution < -0.4 is 10.1 Å². The fourth-order valence-electron chi connectivity index (χ4n) is 2.14. The second kappa shape index (κ2) is 6.41. The molecule has 0 unspecified atom stereocenters. The zero-order valence-corrected chi connectivity index (χ0v) is 11.9. The molecule has 1 aromatic carbocycles. The van der Waals surface area contributed by atoms with Gasteiger partial charge in [-0.1, -0.05) is 18.2 Å². The summed E-state index contributed by atoms with van der Waals surface area (Å²) in [4.78, 5) is 25.0. The third-order valence-corrected chi connectivity index (χ3v) is 3.37. The summed E-state index contributed by atoms with van der Waals surface area (Å²) in [6, 6.07) is 7.80. The lowest BCUT2D eigenvalue weighted by Gasteiger charge is -2.20. The number of methoxy groups -OCH3 is 1. The molecular weight excluding hydrogens is 256 g/mol. The van der Waals surface area contributed by atoms with Crippen LogP contribution in [0.25, 0.3) is 0 Å². The van der Waals surface area contributed by atoms with E-state index in [9.17, 15) is 9.59 Å². The van der Waals surface area contributed by atoms with Gasteiger partial charge in [-0.05, 0) is 18.9 Å². The summed E-state index contributed by atoms with van der Waals surface area (Å²) in [5, 5.41) is 2.83. The predicted octanol–water partition coefficient (Wildman–Crippen LogP) is 1.32. The van der Waals surface area contributed by atoms with Crippen LogP contribution in [-0.2, 0) is 16.1 Å². The SMILES string of the molecule is COc1ccccc1CNC(=O)CN(C(C)=O)C1CC1. The van der Waals surface area contributed by atoms with E-state index in [1.165, 1.54) is 6.92 Å². The Morgan fingerprint density at radius 1 is 1.35 bits per heavy atom. The van der Waals surface area contributed by atoms with Crippen LogP contribution in [0, 0.1) is 0 Å². The van der Waals surface area contributed by atoms with Gasteiger partial charge >= 0.3 is 0 Å². The van der Waals surface area contributed by atoms with E-state index < -0.39 is 0 Å². The highest BCUT2D eigenvalue weighted by molar-refractivity contribution is 5.84. The van der Waals surface area contributed by atoms with Gasteiger partial charge in [-0.25, -0.2) is 0 Å². The summed E-state index contributed by atoms with van der Waals surface area (Å²) in [5.41, 5.74) is 0.921. The van der Waals surface area contributed by atoms with Gasteiger partial charge in [0.25, 0.3) is 0 Å². The molecule has 1 fully saturated rings. The van der Waals surface area contributed by atoms with Crippen LogP contribution in [0.2, 0.25) is 0 Å². The first kappa shape index (κ1) is 14.4. The van der Waals surface area contributed by atoms with E-state index in [-0.39, 0.29) is 24.4 Å². The van der Waals surface area contributed by atoms with Crippen LogP contribution in [0.4, 0.5) is 0 Å². The van der Waals surface area contributed by atoms with Crippen LogP contribution in [-0.4, -0.2) is 36.4 Å². The average Bonchev–Trinajstić information content (AvgIpc) is 3.27. The van der Waals surface area contributed by atoms with Crippen molar-refractivity contribution in [3.63, 3.8) is 0 Å². The Bertz CT molecular complexity index is 498. The summed E-state index contributed by atoms with van der Waals surface area (Å²) < 4.78 is 5.23. The number of para-hydroxylation sites is 1. The number of benzene rings is 1. The Hall–Kier alpha value is -2.04. The fraction of sp³-hybridized carbons (Fsp3) is 0.467. The third-order valence-electron chi connectivity index (χ3n) is 3.37. The fourth-order valence-corrected chi connectivity index (χ4v) is 2.14. The number of amides is 2. The minimum Gasteiger partial charge on any atom is -0.496 e. The Balaban J connectivity index is 1.87. The van der Waals surface area contributed by atoms with Gasteiger partial charge in [-0.2, -0.15) is 0 Å². The van der Waals surface area contributed by atoms with Gasteiger partial charge < -0.3 is 15.0 Å². The molecular formula is C15H20N2O3. The van der Waals surface area contributed by atoms with Crippen molar-refractivity contribution in [2.75, 3.05) is 13.7 Å². The molecule has 0 atom stereocenters. The van der Waals surface area contributed by atoms with Gasteiger partial charge in [0, 0.05) is 25.1 Å². The van der Waals surface area contributed by atoms with Crippen molar-refractivity contribution in [1.82, 2.24) is 10.2 Å². The van der Waals surface area contributed by atoms with Crippen molar-refractivity contribution >= 4 is 11.8 Å². The lowest BCUT2D eigenvalue weighted by Crippen LogP contribution is -2.40. The van der Waals surface area contributed by atoms with E-state index >= 15 is 0 Å². The zero-order valence-electron chi connectivity index (χ0n) is 11.9.